The lowest BCUT2D eigenvalue weighted by Crippen LogP contribution is -2.46. The van der Waals surface area contributed by atoms with Gasteiger partial charge in [-0.1, -0.05) is 50.7 Å². The highest BCUT2D eigenvalue weighted by Gasteiger charge is 2.50. The molecule has 0 spiro atoms. The first-order valence-corrected chi connectivity index (χ1v) is 13.9. The molecule has 36 heavy (non-hydrogen) atoms. The van der Waals surface area contributed by atoms with Crippen LogP contribution < -0.4 is 0 Å². The number of allylic oxidation sites excluding steroid dienone is 2. The molecule has 0 aromatic rings. The van der Waals surface area contributed by atoms with E-state index in [9.17, 15) is 14.4 Å². The van der Waals surface area contributed by atoms with E-state index in [1.165, 1.54) is 18.4 Å². The van der Waals surface area contributed by atoms with E-state index in [1.54, 1.807) is 6.92 Å². The Morgan fingerprint density at radius 2 is 1.22 bits per heavy atom. The summed E-state index contributed by atoms with van der Waals surface area (Å²) in [4.78, 5) is 38.7. The lowest BCUT2D eigenvalue weighted by molar-refractivity contribution is -0.186. The third kappa shape index (κ3) is 15.3. The quantitative estimate of drug-likeness (QED) is 0.0651. The fraction of sp³-hybridized carbons (Fsp3) is 0.833. The topological polar surface area (TPSA) is 78.9 Å². The van der Waals surface area contributed by atoms with Crippen molar-refractivity contribution in [2.45, 2.75) is 151 Å². The lowest BCUT2D eigenvalue weighted by atomic mass is 9.77. The third-order valence-corrected chi connectivity index (χ3v) is 5.86. The van der Waals surface area contributed by atoms with Crippen LogP contribution in [0.3, 0.4) is 0 Å². The van der Waals surface area contributed by atoms with Gasteiger partial charge in [0.1, 0.15) is 11.2 Å². The summed E-state index contributed by atoms with van der Waals surface area (Å²) in [5.74, 6) is -1.20. The molecular weight excluding hydrogens is 456 g/mol. The first-order chi connectivity index (χ1) is 16.7. The van der Waals surface area contributed by atoms with Crippen LogP contribution in [0.1, 0.15) is 139 Å². The van der Waals surface area contributed by atoms with E-state index in [4.69, 9.17) is 14.2 Å². The van der Waals surface area contributed by atoms with Crippen LogP contribution in [0.5, 0.6) is 0 Å². The van der Waals surface area contributed by atoms with Gasteiger partial charge in [-0.2, -0.15) is 0 Å². The zero-order chi connectivity index (χ0) is 27.8. The second-order valence-corrected chi connectivity index (χ2v) is 11.9. The van der Waals surface area contributed by atoms with E-state index < -0.39 is 28.6 Å². The van der Waals surface area contributed by atoms with Crippen molar-refractivity contribution < 1.29 is 28.6 Å². The summed E-state index contributed by atoms with van der Waals surface area (Å²) in [7, 11) is 0. The van der Waals surface area contributed by atoms with E-state index in [-0.39, 0.29) is 5.97 Å². The molecule has 0 N–H and O–H groups in total. The number of ether oxygens (including phenoxy) is 3. The Bertz CT molecular complexity index is 665. The smallest absolute Gasteiger partial charge is 0.324 e. The molecule has 0 aliphatic heterocycles. The Morgan fingerprint density at radius 1 is 0.694 bits per heavy atom. The molecule has 0 bridgehead atoms. The molecule has 6 nitrogen and oxygen atoms in total. The van der Waals surface area contributed by atoms with E-state index in [0.717, 1.165) is 32.1 Å². The van der Waals surface area contributed by atoms with Crippen LogP contribution in [0.4, 0.5) is 0 Å². The highest BCUT2D eigenvalue weighted by Crippen LogP contribution is 2.37. The van der Waals surface area contributed by atoms with Crippen LogP contribution in [0, 0.1) is 5.41 Å². The van der Waals surface area contributed by atoms with Gasteiger partial charge in [-0.15, -0.1) is 0 Å². The standard InChI is InChI=1S/C30H54O6/c1-10-12-15-19-24(3)20-18-23-30(26(32)35-28(4,5)6,27(33)36-29(7,8)9)22-17-14-13-16-21-25(31)34-11-2/h20H,10-19,21-23H2,1-9H3. The number of rotatable bonds is 17. The molecule has 0 rings (SSSR count). The third-order valence-electron chi connectivity index (χ3n) is 5.86. The minimum absolute atomic E-state index is 0.185. The van der Waals surface area contributed by atoms with Crippen molar-refractivity contribution in [2.75, 3.05) is 6.61 Å². The summed E-state index contributed by atoms with van der Waals surface area (Å²) in [6.45, 7) is 17.4. The van der Waals surface area contributed by atoms with Crippen molar-refractivity contribution in [1.29, 1.82) is 0 Å². The van der Waals surface area contributed by atoms with E-state index in [0.29, 0.717) is 38.7 Å². The predicted molar refractivity (Wildman–Crippen MR) is 146 cm³/mol. The predicted octanol–water partition coefficient (Wildman–Crippen LogP) is 7.87. The summed E-state index contributed by atoms with van der Waals surface area (Å²) in [5.41, 5.74) is -1.50. The maximum Gasteiger partial charge on any atom is 0.324 e. The molecule has 0 aliphatic carbocycles. The van der Waals surface area contributed by atoms with Gasteiger partial charge in [0.15, 0.2) is 5.41 Å². The molecule has 0 atom stereocenters. The van der Waals surface area contributed by atoms with Crippen LogP contribution >= 0.6 is 0 Å². The van der Waals surface area contributed by atoms with Gasteiger partial charge >= 0.3 is 17.9 Å². The monoisotopic (exact) mass is 510 g/mol. The van der Waals surface area contributed by atoms with Crippen LogP contribution in [0.2, 0.25) is 0 Å². The average Bonchev–Trinajstić information content (AvgIpc) is 2.72. The molecule has 0 fully saturated rings. The van der Waals surface area contributed by atoms with Gasteiger partial charge in [-0.3, -0.25) is 14.4 Å². The summed E-state index contributed by atoms with van der Waals surface area (Å²) < 4.78 is 16.6. The van der Waals surface area contributed by atoms with Gasteiger partial charge in [0, 0.05) is 6.42 Å². The zero-order valence-electron chi connectivity index (χ0n) is 24.7. The second-order valence-electron chi connectivity index (χ2n) is 11.9. The van der Waals surface area contributed by atoms with Gasteiger partial charge in [0.2, 0.25) is 0 Å². The van der Waals surface area contributed by atoms with E-state index >= 15 is 0 Å². The highest BCUT2D eigenvalue weighted by molar-refractivity contribution is 6.00. The first-order valence-electron chi connectivity index (χ1n) is 13.9. The van der Waals surface area contributed by atoms with Gasteiger partial charge < -0.3 is 14.2 Å². The Balaban J connectivity index is 5.63. The lowest BCUT2D eigenvalue weighted by Gasteiger charge is -2.35. The molecule has 0 unspecified atom stereocenters. The van der Waals surface area contributed by atoms with Gasteiger partial charge in [-0.05, 0) is 93.9 Å². The maximum atomic E-state index is 13.6. The summed E-state index contributed by atoms with van der Waals surface area (Å²) in [5, 5.41) is 0. The van der Waals surface area contributed by atoms with Crippen molar-refractivity contribution in [2.24, 2.45) is 5.41 Å². The van der Waals surface area contributed by atoms with Crippen LogP contribution in [0.25, 0.3) is 0 Å². The number of carbonyl (C=O) groups is 3. The van der Waals surface area contributed by atoms with Crippen molar-refractivity contribution in [3.63, 3.8) is 0 Å². The van der Waals surface area contributed by atoms with Gasteiger partial charge in [0.25, 0.3) is 0 Å². The van der Waals surface area contributed by atoms with Crippen molar-refractivity contribution in [3.05, 3.63) is 11.6 Å². The summed E-state index contributed by atoms with van der Waals surface area (Å²) in [6.07, 6.45) is 11.4. The number of unbranched alkanes of at least 4 members (excludes halogenated alkanes) is 5. The molecule has 0 saturated carbocycles. The maximum absolute atomic E-state index is 13.6. The molecule has 0 radical (unpaired) electrons. The molecule has 0 amide bonds. The minimum Gasteiger partial charge on any atom is -0.466 e. The average molecular weight is 511 g/mol. The molecule has 0 heterocycles. The van der Waals surface area contributed by atoms with Gasteiger partial charge in [0.05, 0.1) is 6.61 Å². The van der Waals surface area contributed by atoms with Crippen molar-refractivity contribution in [3.8, 4) is 0 Å². The number of esters is 3. The molecule has 0 aliphatic rings. The highest BCUT2D eigenvalue weighted by atomic mass is 16.6. The van der Waals surface area contributed by atoms with E-state index in [1.807, 2.05) is 41.5 Å². The Kier molecular flexibility index (Phi) is 15.9. The van der Waals surface area contributed by atoms with E-state index in [2.05, 4.69) is 19.9 Å². The SMILES string of the molecule is CCCCCC(C)=CCCC(CCCCCCC(=O)OCC)(C(=O)OC(C)(C)C)C(=O)OC(C)(C)C. The largest absolute Gasteiger partial charge is 0.466 e. The Labute approximate surface area is 220 Å². The summed E-state index contributed by atoms with van der Waals surface area (Å²) in [6, 6.07) is 0. The molecule has 0 aromatic heterocycles. The number of hydrogen-bond donors (Lipinski definition) is 0. The Hall–Kier alpha value is -1.85. The normalized spacial score (nSPS) is 12.9. The van der Waals surface area contributed by atoms with Gasteiger partial charge in [-0.25, -0.2) is 0 Å². The fourth-order valence-electron chi connectivity index (χ4n) is 3.97. The molecule has 0 saturated heterocycles. The Morgan fingerprint density at radius 3 is 1.72 bits per heavy atom. The van der Waals surface area contributed by atoms with Crippen LogP contribution in [-0.4, -0.2) is 35.7 Å². The van der Waals surface area contributed by atoms with Crippen LogP contribution in [0.15, 0.2) is 11.6 Å². The zero-order valence-corrected chi connectivity index (χ0v) is 24.7. The molecule has 6 heteroatoms. The number of carbonyl (C=O) groups excluding carboxylic acids is 3. The van der Waals surface area contributed by atoms with Crippen molar-refractivity contribution >= 4 is 17.9 Å². The molecule has 210 valence electrons. The number of hydrogen-bond acceptors (Lipinski definition) is 6. The fourth-order valence-corrected chi connectivity index (χ4v) is 3.97. The first kappa shape index (κ1) is 34.1. The second kappa shape index (κ2) is 16.8. The molecule has 0 aromatic carbocycles. The van der Waals surface area contributed by atoms with Crippen LogP contribution in [-0.2, 0) is 28.6 Å². The van der Waals surface area contributed by atoms with Crippen molar-refractivity contribution in [1.82, 2.24) is 0 Å². The molecular formula is C30H54O6. The summed E-state index contributed by atoms with van der Waals surface area (Å²) >= 11 is 0. The minimum atomic E-state index is -1.36.